The lowest BCUT2D eigenvalue weighted by Gasteiger charge is -2.46. The third kappa shape index (κ3) is 4.02. The second-order valence-electron chi connectivity index (χ2n) is 8.49. The highest BCUT2D eigenvalue weighted by Gasteiger charge is 2.34. The summed E-state index contributed by atoms with van der Waals surface area (Å²) in [6.45, 7) is 4.05. The third-order valence-corrected chi connectivity index (χ3v) is 6.48. The molecule has 32 heavy (non-hydrogen) atoms. The minimum absolute atomic E-state index is 0.293. The summed E-state index contributed by atoms with van der Waals surface area (Å²) in [7, 11) is 1.37. The van der Waals surface area contributed by atoms with Crippen LogP contribution < -0.4 is 9.64 Å². The monoisotopic (exact) mass is 439 g/mol. The van der Waals surface area contributed by atoms with Crippen LogP contribution in [0.1, 0.15) is 23.2 Å². The van der Waals surface area contributed by atoms with E-state index in [1.165, 1.54) is 13.2 Å². The van der Waals surface area contributed by atoms with Crippen molar-refractivity contribution in [1.82, 2.24) is 10.1 Å². The molecule has 0 saturated carbocycles. The van der Waals surface area contributed by atoms with Crippen molar-refractivity contribution in [3.05, 3.63) is 53.8 Å². The smallest absolute Gasteiger partial charge is 0.337 e. The first-order valence-corrected chi connectivity index (χ1v) is 11.0. The summed E-state index contributed by atoms with van der Waals surface area (Å²) < 4.78 is 30.5. The number of piperazine rings is 1. The Morgan fingerprint density at radius 2 is 2.06 bits per heavy atom. The molecule has 7 nitrogen and oxygen atoms in total. The van der Waals surface area contributed by atoms with Crippen molar-refractivity contribution in [3.8, 4) is 5.75 Å². The van der Waals surface area contributed by atoms with Crippen LogP contribution in [-0.2, 0) is 4.74 Å². The summed E-state index contributed by atoms with van der Waals surface area (Å²) in [6.07, 6.45) is 2.10. The maximum absolute atomic E-state index is 14.4. The van der Waals surface area contributed by atoms with Crippen LogP contribution in [-0.4, -0.2) is 62.0 Å². The number of carbonyl (C=O) groups is 1. The summed E-state index contributed by atoms with van der Waals surface area (Å²) in [4.78, 5) is 16.4. The number of nitrogens with zero attached hydrogens (tertiary/aromatic N) is 3. The van der Waals surface area contributed by atoms with E-state index in [2.05, 4.69) is 15.0 Å². The molecule has 0 bridgehead atoms. The van der Waals surface area contributed by atoms with Crippen LogP contribution in [0.2, 0.25) is 0 Å². The Kier molecular flexibility index (Phi) is 5.70. The van der Waals surface area contributed by atoms with Gasteiger partial charge in [-0.15, -0.1) is 0 Å². The molecule has 3 aromatic rings. The zero-order chi connectivity index (χ0) is 22.1. The van der Waals surface area contributed by atoms with E-state index < -0.39 is 0 Å². The number of anilines is 1. The van der Waals surface area contributed by atoms with Gasteiger partial charge in [0.1, 0.15) is 17.0 Å². The van der Waals surface area contributed by atoms with Gasteiger partial charge in [-0.3, -0.25) is 4.90 Å². The maximum atomic E-state index is 14.4. The van der Waals surface area contributed by atoms with E-state index in [1.807, 2.05) is 6.07 Å². The molecule has 0 radical (unpaired) electrons. The molecule has 5 rings (SSSR count). The topological polar surface area (TPSA) is 68.0 Å². The van der Waals surface area contributed by atoms with Crippen molar-refractivity contribution < 1.29 is 23.2 Å². The summed E-state index contributed by atoms with van der Waals surface area (Å²) in [5.74, 6) is 1.05. The Balaban J connectivity index is 1.19. The van der Waals surface area contributed by atoms with Crippen molar-refractivity contribution in [3.63, 3.8) is 0 Å². The molecule has 2 aliphatic heterocycles. The van der Waals surface area contributed by atoms with Crippen molar-refractivity contribution in [2.75, 3.05) is 44.8 Å². The zero-order valence-electron chi connectivity index (χ0n) is 18.0. The molecule has 2 atom stereocenters. The third-order valence-electron chi connectivity index (χ3n) is 6.48. The quantitative estimate of drug-likeness (QED) is 0.561. The number of ether oxygens (including phenoxy) is 2. The van der Waals surface area contributed by atoms with Crippen LogP contribution in [0.25, 0.3) is 11.0 Å². The Morgan fingerprint density at radius 1 is 1.19 bits per heavy atom. The van der Waals surface area contributed by atoms with Crippen LogP contribution in [0.4, 0.5) is 10.2 Å². The average molecular weight is 439 g/mol. The molecule has 0 aliphatic carbocycles. The number of rotatable bonds is 5. The normalized spacial score (nSPS) is 21.4. The molecule has 2 aliphatic rings. The van der Waals surface area contributed by atoms with Crippen molar-refractivity contribution >= 4 is 22.8 Å². The lowest BCUT2D eigenvalue weighted by Crippen LogP contribution is -2.57. The fourth-order valence-electron chi connectivity index (χ4n) is 4.78. The van der Waals surface area contributed by atoms with Gasteiger partial charge in [-0.25, -0.2) is 9.18 Å². The molecule has 2 saturated heterocycles. The average Bonchev–Trinajstić information content (AvgIpc) is 3.27. The number of esters is 1. The van der Waals surface area contributed by atoms with Crippen LogP contribution in [0, 0.1) is 11.7 Å². The minimum Gasteiger partial charge on any atom is -0.493 e. The van der Waals surface area contributed by atoms with Crippen molar-refractivity contribution in [2.24, 2.45) is 5.92 Å². The highest BCUT2D eigenvalue weighted by Crippen LogP contribution is 2.32. The number of halogens is 1. The van der Waals surface area contributed by atoms with Gasteiger partial charge in [0.15, 0.2) is 11.4 Å². The van der Waals surface area contributed by atoms with Gasteiger partial charge in [-0.2, -0.15) is 0 Å². The SMILES string of the molecule is COC(=O)c1cccc(OCC2CCC3CN(c4noc5cccc(F)c45)CCN3C2)c1. The number of aromatic nitrogens is 1. The lowest BCUT2D eigenvalue weighted by atomic mass is 9.91. The molecule has 2 unspecified atom stereocenters. The van der Waals surface area contributed by atoms with Gasteiger partial charge in [0.25, 0.3) is 0 Å². The van der Waals surface area contributed by atoms with E-state index in [0.717, 1.165) is 39.0 Å². The summed E-state index contributed by atoms with van der Waals surface area (Å²) in [5, 5.41) is 4.63. The molecule has 0 spiro atoms. The molecule has 1 aromatic heterocycles. The van der Waals surface area contributed by atoms with Crippen LogP contribution in [0.3, 0.4) is 0 Å². The zero-order valence-corrected chi connectivity index (χ0v) is 18.0. The van der Waals surface area contributed by atoms with Crippen LogP contribution in [0.15, 0.2) is 47.0 Å². The van der Waals surface area contributed by atoms with Crippen molar-refractivity contribution in [1.29, 1.82) is 0 Å². The molecule has 0 amide bonds. The van der Waals surface area contributed by atoms with E-state index >= 15 is 0 Å². The van der Waals surface area contributed by atoms with Crippen LogP contribution in [0.5, 0.6) is 5.75 Å². The largest absolute Gasteiger partial charge is 0.493 e. The highest BCUT2D eigenvalue weighted by molar-refractivity contribution is 5.90. The number of methoxy groups -OCH3 is 1. The van der Waals surface area contributed by atoms with Crippen molar-refractivity contribution in [2.45, 2.75) is 18.9 Å². The number of benzene rings is 2. The second kappa shape index (κ2) is 8.78. The van der Waals surface area contributed by atoms with Gasteiger partial charge in [0.2, 0.25) is 0 Å². The predicted molar refractivity (Wildman–Crippen MR) is 118 cm³/mol. The number of carbonyl (C=O) groups excluding carboxylic acids is 1. The fourth-order valence-corrected chi connectivity index (χ4v) is 4.78. The van der Waals surface area contributed by atoms with E-state index in [-0.39, 0.29) is 11.8 Å². The maximum Gasteiger partial charge on any atom is 0.337 e. The Morgan fingerprint density at radius 3 is 2.94 bits per heavy atom. The minimum atomic E-state index is -0.367. The first kappa shape index (κ1) is 20.8. The second-order valence-corrected chi connectivity index (χ2v) is 8.49. The summed E-state index contributed by atoms with van der Waals surface area (Å²) >= 11 is 0. The molecule has 2 aromatic carbocycles. The van der Waals surface area contributed by atoms with E-state index in [1.54, 1.807) is 30.3 Å². The number of hydrogen-bond acceptors (Lipinski definition) is 7. The molecular weight excluding hydrogens is 413 g/mol. The summed E-state index contributed by atoms with van der Waals surface area (Å²) in [5.41, 5.74) is 0.973. The molecule has 2 fully saturated rings. The summed E-state index contributed by atoms with van der Waals surface area (Å²) in [6, 6.07) is 12.3. The van der Waals surface area contributed by atoms with Gasteiger partial charge in [0.05, 0.1) is 19.3 Å². The fraction of sp³-hybridized carbons (Fsp3) is 0.417. The van der Waals surface area contributed by atoms with Gasteiger partial charge in [0, 0.05) is 38.1 Å². The Bertz CT molecular complexity index is 1120. The Labute approximate surface area is 185 Å². The van der Waals surface area contributed by atoms with E-state index in [4.69, 9.17) is 14.0 Å². The standard InChI is InChI=1S/C24H26FN3O4/c1-30-24(29)17-4-2-5-19(12-17)31-15-16-8-9-18-14-28(11-10-27(18)13-16)23-22-20(25)6-3-7-21(22)32-26-23/h2-7,12,16,18H,8-11,13-15H2,1H3. The predicted octanol–water partition coefficient (Wildman–Crippen LogP) is 3.73. The van der Waals surface area contributed by atoms with Gasteiger partial charge in [-0.05, 0) is 43.2 Å². The van der Waals surface area contributed by atoms with E-state index in [9.17, 15) is 9.18 Å². The molecule has 3 heterocycles. The first-order chi connectivity index (χ1) is 15.6. The lowest BCUT2D eigenvalue weighted by molar-refractivity contribution is 0.0599. The molecule has 168 valence electrons. The number of piperidine rings is 1. The molecule has 8 heteroatoms. The van der Waals surface area contributed by atoms with Gasteiger partial charge in [-0.1, -0.05) is 17.3 Å². The molecular formula is C24H26FN3O4. The molecule has 0 N–H and O–H groups in total. The number of fused-ring (bicyclic) bond motifs is 2. The van der Waals surface area contributed by atoms with Gasteiger partial charge < -0.3 is 18.9 Å². The first-order valence-electron chi connectivity index (χ1n) is 11.0. The Hall–Kier alpha value is -3.13. The van der Waals surface area contributed by atoms with Crippen LogP contribution >= 0.6 is 0 Å². The number of hydrogen-bond donors (Lipinski definition) is 0. The highest BCUT2D eigenvalue weighted by atomic mass is 19.1. The van der Waals surface area contributed by atoms with Gasteiger partial charge >= 0.3 is 5.97 Å². The van der Waals surface area contributed by atoms with E-state index in [0.29, 0.717) is 46.7 Å².